The molecule has 0 aliphatic heterocycles. The third-order valence-electron chi connectivity index (χ3n) is 2.84. The zero-order valence-corrected chi connectivity index (χ0v) is 12.7. The largest absolute Gasteiger partial charge is 0.352 e. The highest BCUT2D eigenvalue weighted by molar-refractivity contribution is 7.92. The minimum atomic E-state index is -3.85. The molecule has 0 radical (unpaired) electrons. The molecule has 0 aliphatic carbocycles. The van der Waals surface area contributed by atoms with Crippen LogP contribution >= 0.6 is 0 Å². The van der Waals surface area contributed by atoms with Gasteiger partial charge in [0.25, 0.3) is 15.9 Å². The van der Waals surface area contributed by atoms with Gasteiger partial charge in [-0.25, -0.2) is 12.8 Å². The van der Waals surface area contributed by atoms with Gasteiger partial charge in [0.2, 0.25) is 0 Å². The van der Waals surface area contributed by atoms with E-state index in [0.717, 1.165) is 12.1 Å². The Bertz CT molecular complexity index is 774. The highest BCUT2D eigenvalue weighted by Crippen LogP contribution is 2.17. The molecule has 0 saturated carbocycles. The van der Waals surface area contributed by atoms with Gasteiger partial charge in [-0.15, -0.1) is 0 Å². The van der Waals surface area contributed by atoms with Crippen molar-refractivity contribution >= 4 is 21.6 Å². The first-order chi connectivity index (χ1) is 10.4. The topological polar surface area (TPSA) is 75.3 Å². The molecule has 22 heavy (non-hydrogen) atoms. The summed E-state index contributed by atoms with van der Waals surface area (Å²) in [5.41, 5.74) is 0.494. The molecule has 0 spiro atoms. The molecule has 116 valence electrons. The third-order valence-corrected chi connectivity index (χ3v) is 4.22. The Morgan fingerprint density at radius 1 is 1.14 bits per heavy atom. The van der Waals surface area contributed by atoms with Crippen LogP contribution in [-0.2, 0) is 10.0 Å². The van der Waals surface area contributed by atoms with Gasteiger partial charge in [0, 0.05) is 17.8 Å². The van der Waals surface area contributed by atoms with Gasteiger partial charge in [0.05, 0.1) is 4.90 Å². The number of sulfonamides is 1. The predicted molar refractivity (Wildman–Crippen MR) is 81.7 cm³/mol. The zero-order chi connectivity index (χ0) is 16.2. The van der Waals surface area contributed by atoms with Crippen LogP contribution in [0.2, 0.25) is 0 Å². The van der Waals surface area contributed by atoms with Crippen LogP contribution in [0.25, 0.3) is 0 Å². The van der Waals surface area contributed by atoms with Crippen molar-refractivity contribution in [2.24, 2.45) is 0 Å². The van der Waals surface area contributed by atoms with Gasteiger partial charge in [-0.2, -0.15) is 0 Å². The molecule has 2 N–H and O–H groups in total. The first-order valence-electron chi connectivity index (χ1n) is 6.59. The number of benzene rings is 2. The molecule has 2 aromatic carbocycles. The summed E-state index contributed by atoms with van der Waals surface area (Å²) in [6, 6.07) is 10.6. The summed E-state index contributed by atoms with van der Waals surface area (Å²) in [4.78, 5) is 11.7. The van der Waals surface area contributed by atoms with E-state index in [4.69, 9.17) is 0 Å². The molecule has 0 bridgehead atoms. The molecule has 0 fully saturated rings. The maximum Gasteiger partial charge on any atom is 0.261 e. The number of anilines is 1. The standard InChI is InChI=1S/C15H15FN2O3S/c1-2-17-15(19)11-4-3-5-14(10-11)22(20,21)18-13-8-6-12(16)7-9-13/h3-10,18H,2H2,1H3,(H,17,19). The second-order valence-corrected chi connectivity index (χ2v) is 6.18. The van der Waals surface area contributed by atoms with Gasteiger partial charge in [0.15, 0.2) is 0 Å². The SMILES string of the molecule is CCNC(=O)c1cccc(S(=O)(=O)Nc2ccc(F)cc2)c1. The van der Waals surface area contributed by atoms with Gasteiger partial charge in [-0.05, 0) is 49.4 Å². The normalized spacial score (nSPS) is 11.0. The van der Waals surface area contributed by atoms with Crippen molar-refractivity contribution in [3.63, 3.8) is 0 Å². The fraction of sp³-hybridized carbons (Fsp3) is 0.133. The lowest BCUT2D eigenvalue weighted by Crippen LogP contribution is -2.23. The number of amides is 1. The summed E-state index contributed by atoms with van der Waals surface area (Å²) < 4.78 is 39.7. The average molecular weight is 322 g/mol. The van der Waals surface area contributed by atoms with E-state index in [1.807, 2.05) is 0 Å². The predicted octanol–water partition coefficient (Wildman–Crippen LogP) is 2.38. The lowest BCUT2D eigenvalue weighted by molar-refractivity contribution is 0.0955. The summed E-state index contributed by atoms with van der Waals surface area (Å²) >= 11 is 0. The van der Waals surface area contributed by atoms with Crippen molar-refractivity contribution in [3.05, 3.63) is 59.9 Å². The molecule has 0 heterocycles. The quantitative estimate of drug-likeness (QED) is 0.887. The van der Waals surface area contributed by atoms with Crippen molar-refractivity contribution in [3.8, 4) is 0 Å². The van der Waals surface area contributed by atoms with Crippen molar-refractivity contribution in [1.29, 1.82) is 0 Å². The van der Waals surface area contributed by atoms with Crippen LogP contribution in [0.4, 0.5) is 10.1 Å². The monoisotopic (exact) mass is 322 g/mol. The van der Waals surface area contributed by atoms with Crippen LogP contribution in [0.15, 0.2) is 53.4 Å². The fourth-order valence-electron chi connectivity index (χ4n) is 1.80. The Balaban J connectivity index is 2.27. The second kappa shape index (κ2) is 6.57. The molecular weight excluding hydrogens is 307 g/mol. The van der Waals surface area contributed by atoms with E-state index in [-0.39, 0.29) is 22.1 Å². The van der Waals surface area contributed by atoms with Crippen LogP contribution in [-0.4, -0.2) is 20.9 Å². The van der Waals surface area contributed by atoms with Crippen LogP contribution in [0, 0.1) is 5.82 Å². The van der Waals surface area contributed by atoms with E-state index in [9.17, 15) is 17.6 Å². The first-order valence-corrected chi connectivity index (χ1v) is 8.07. The molecule has 0 atom stereocenters. The van der Waals surface area contributed by atoms with Gasteiger partial charge < -0.3 is 5.32 Å². The Kier molecular flexibility index (Phi) is 4.77. The number of hydrogen-bond donors (Lipinski definition) is 2. The van der Waals surface area contributed by atoms with Gasteiger partial charge in [0.1, 0.15) is 5.82 Å². The van der Waals surface area contributed by atoms with Gasteiger partial charge in [-0.3, -0.25) is 9.52 Å². The van der Waals surface area contributed by atoms with Gasteiger partial charge >= 0.3 is 0 Å². The van der Waals surface area contributed by atoms with Gasteiger partial charge in [-0.1, -0.05) is 6.07 Å². The number of hydrogen-bond acceptors (Lipinski definition) is 3. The van der Waals surface area contributed by atoms with E-state index in [0.29, 0.717) is 6.54 Å². The Hall–Kier alpha value is -2.41. The van der Waals surface area contributed by atoms with Crippen molar-refractivity contribution in [1.82, 2.24) is 5.32 Å². The highest BCUT2D eigenvalue weighted by Gasteiger charge is 2.16. The first kappa shape index (κ1) is 16.0. The van der Waals surface area contributed by atoms with E-state index in [1.54, 1.807) is 6.92 Å². The number of halogens is 1. The molecule has 0 unspecified atom stereocenters. The molecule has 1 amide bonds. The van der Waals surface area contributed by atoms with Crippen molar-refractivity contribution in [2.75, 3.05) is 11.3 Å². The lowest BCUT2D eigenvalue weighted by atomic mass is 10.2. The summed E-state index contributed by atoms with van der Waals surface area (Å²) in [6.07, 6.45) is 0. The molecule has 2 aromatic rings. The number of nitrogens with one attached hydrogen (secondary N) is 2. The number of carbonyl (C=O) groups is 1. The number of rotatable bonds is 5. The average Bonchev–Trinajstić information content (AvgIpc) is 2.50. The van der Waals surface area contributed by atoms with Crippen LogP contribution in [0.5, 0.6) is 0 Å². The fourth-order valence-corrected chi connectivity index (χ4v) is 2.90. The maximum absolute atomic E-state index is 12.8. The van der Waals surface area contributed by atoms with E-state index >= 15 is 0 Å². The van der Waals surface area contributed by atoms with E-state index < -0.39 is 15.8 Å². The molecule has 2 rings (SSSR count). The van der Waals surface area contributed by atoms with E-state index in [2.05, 4.69) is 10.0 Å². The smallest absolute Gasteiger partial charge is 0.261 e. The van der Waals surface area contributed by atoms with Crippen LogP contribution < -0.4 is 10.0 Å². The molecule has 0 aromatic heterocycles. The lowest BCUT2D eigenvalue weighted by Gasteiger charge is -2.09. The summed E-state index contributed by atoms with van der Waals surface area (Å²) in [7, 11) is -3.85. The van der Waals surface area contributed by atoms with Crippen LogP contribution in [0.1, 0.15) is 17.3 Å². The summed E-state index contributed by atoms with van der Waals surface area (Å²) in [5, 5.41) is 2.60. The van der Waals surface area contributed by atoms with Crippen molar-refractivity contribution in [2.45, 2.75) is 11.8 Å². The Morgan fingerprint density at radius 2 is 1.82 bits per heavy atom. The summed E-state index contributed by atoms with van der Waals surface area (Å²) in [6.45, 7) is 2.22. The molecule has 5 nitrogen and oxygen atoms in total. The minimum absolute atomic E-state index is 0.0411. The third kappa shape index (κ3) is 3.82. The molecular formula is C15H15FN2O3S. The second-order valence-electron chi connectivity index (χ2n) is 4.50. The molecule has 7 heteroatoms. The zero-order valence-electron chi connectivity index (χ0n) is 11.8. The molecule has 0 saturated heterocycles. The molecule has 0 aliphatic rings. The Labute approximate surface area is 128 Å². The van der Waals surface area contributed by atoms with Crippen molar-refractivity contribution < 1.29 is 17.6 Å². The maximum atomic E-state index is 12.8. The minimum Gasteiger partial charge on any atom is -0.352 e. The highest BCUT2D eigenvalue weighted by atomic mass is 32.2. The Morgan fingerprint density at radius 3 is 2.45 bits per heavy atom. The van der Waals surface area contributed by atoms with Crippen LogP contribution in [0.3, 0.4) is 0 Å². The summed E-state index contributed by atoms with van der Waals surface area (Å²) in [5.74, 6) is -0.803. The van der Waals surface area contributed by atoms with E-state index in [1.165, 1.54) is 36.4 Å². The number of carbonyl (C=O) groups excluding carboxylic acids is 1.